The van der Waals surface area contributed by atoms with Gasteiger partial charge in [-0.2, -0.15) is 0 Å². The Bertz CT molecular complexity index is 460. The SMILES string of the molecule is Cc1cnccc1O[B]Oc1ccncc1C. The Balaban J connectivity index is 1.93. The smallest absolute Gasteiger partial charge is 0.526 e. The Morgan fingerprint density at radius 1 is 0.882 bits per heavy atom. The molecule has 0 unspecified atom stereocenters. The molecule has 0 bridgehead atoms. The van der Waals surface area contributed by atoms with E-state index in [2.05, 4.69) is 9.97 Å². The zero-order valence-electron chi connectivity index (χ0n) is 9.75. The standard InChI is InChI=1S/C12H12BN2O2/c1-9-7-14-5-3-11(9)16-13-17-12-4-6-15-8-10(12)2/h3-8H,1-2H3. The van der Waals surface area contributed by atoms with Crippen LogP contribution in [-0.4, -0.2) is 17.7 Å². The van der Waals surface area contributed by atoms with Crippen molar-refractivity contribution >= 4 is 7.69 Å². The lowest BCUT2D eigenvalue weighted by Crippen LogP contribution is -2.12. The maximum absolute atomic E-state index is 5.39. The molecule has 0 aliphatic carbocycles. The molecule has 5 heteroatoms. The van der Waals surface area contributed by atoms with Crippen LogP contribution in [0, 0.1) is 13.8 Å². The van der Waals surface area contributed by atoms with Crippen molar-refractivity contribution in [2.45, 2.75) is 13.8 Å². The van der Waals surface area contributed by atoms with Crippen LogP contribution >= 0.6 is 0 Å². The molecule has 0 N–H and O–H groups in total. The Labute approximate surface area is 101 Å². The van der Waals surface area contributed by atoms with Crippen molar-refractivity contribution in [2.75, 3.05) is 0 Å². The lowest BCUT2D eigenvalue weighted by atomic mass is 10.2. The predicted octanol–water partition coefficient (Wildman–Crippen LogP) is 2.09. The maximum Gasteiger partial charge on any atom is 0.658 e. The predicted molar refractivity (Wildman–Crippen MR) is 65.0 cm³/mol. The summed E-state index contributed by atoms with van der Waals surface area (Å²) in [6, 6.07) is 3.57. The van der Waals surface area contributed by atoms with E-state index in [1.165, 1.54) is 7.69 Å². The Morgan fingerprint density at radius 3 is 1.76 bits per heavy atom. The van der Waals surface area contributed by atoms with Gasteiger partial charge in [-0.15, -0.1) is 0 Å². The van der Waals surface area contributed by atoms with E-state index < -0.39 is 0 Å². The summed E-state index contributed by atoms with van der Waals surface area (Å²) in [5.74, 6) is 1.46. The molecule has 0 aromatic carbocycles. The Hall–Kier alpha value is -2.04. The average molecular weight is 227 g/mol. The van der Waals surface area contributed by atoms with Crippen LogP contribution in [0.2, 0.25) is 0 Å². The molecule has 0 spiro atoms. The summed E-state index contributed by atoms with van der Waals surface area (Å²) < 4.78 is 10.8. The van der Waals surface area contributed by atoms with Gasteiger partial charge >= 0.3 is 7.69 Å². The molecular formula is C12H12BN2O2. The zero-order valence-corrected chi connectivity index (χ0v) is 9.75. The average Bonchev–Trinajstić information content (AvgIpc) is 2.34. The summed E-state index contributed by atoms with van der Waals surface area (Å²) in [7, 11) is 1.31. The van der Waals surface area contributed by atoms with Gasteiger partial charge in [0.25, 0.3) is 0 Å². The lowest BCUT2D eigenvalue weighted by Gasteiger charge is -2.09. The number of nitrogens with zero attached hydrogens (tertiary/aromatic N) is 2. The number of pyridine rings is 2. The van der Waals surface area contributed by atoms with E-state index in [-0.39, 0.29) is 0 Å². The van der Waals surface area contributed by atoms with Crippen molar-refractivity contribution in [3.63, 3.8) is 0 Å². The summed E-state index contributed by atoms with van der Waals surface area (Å²) in [6.45, 7) is 3.85. The van der Waals surface area contributed by atoms with Crippen molar-refractivity contribution in [1.29, 1.82) is 0 Å². The molecule has 0 aliphatic heterocycles. The molecule has 0 amide bonds. The fourth-order valence-electron chi connectivity index (χ4n) is 1.31. The molecule has 0 saturated carbocycles. The molecule has 0 aliphatic rings. The van der Waals surface area contributed by atoms with Gasteiger partial charge in [-0.25, -0.2) is 0 Å². The Morgan fingerprint density at radius 2 is 1.35 bits per heavy atom. The van der Waals surface area contributed by atoms with Gasteiger partial charge in [0.1, 0.15) is 11.5 Å². The van der Waals surface area contributed by atoms with Crippen LogP contribution in [0.5, 0.6) is 11.5 Å². The highest BCUT2D eigenvalue weighted by atomic mass is 16.6. The number of hydrogen-bond donors (Lipinski definition) is 0. The van der Waals surface area contributed by atoms with Crippen LogP contribution in [-0.2, 0) is 0 Å². The van der Waals surface area contributed by atoms with E-state index in [1.807, 2.05) is 13.8 Å². The summed E-state index contributed by atoms with van der Waals surface area (Å²) in [6.07, 6.45) is 6.82. The van der Waals surface area contributed by atoms with Crippen LogP contribution in [0.1, 0.15) is 11.1 Å². The van der Waals surface area contributed by atoms with Gasteiger partial charge in [0.2, 0.25) is 0 Å². The molecular weight excluding hydrogens is 215 g/mol. The second-order valence-electron chi connectivity index (χ2n) is 3.61. The highest BCUT2D eigenvalue weighted by molar-refractivity contribution is 6.20. The van der Waals surface area contributed by atoms with E-state index in [4.69, 9.17) is 9.31 Å². The lowest BCUT2D eigenvalue weighted by molar-refractivity contribution is 0.454. The first-order chi connectivity index (χ1) is 8.27. The number of aryl methyl sites for hydroxylation is 2. The van der Waals surface area contributed by atoms with Crippen molar-refractivity contribution in [1.82, 2.24) is 9.97 Å². The van der Waals surface area contributed by atoms with Crippen LogP contribution < -0.4 is 9.31 Å². The highest BCUT2D eigenvalue weighted by Crippen LogP contribution is 2.16. The molecule has 2 aromatic rings. The van der Waals surface area contributed by atoms with Crippen LogP contribution in [0.25, 0.3) is 0 Å². The van der Waals surface area contributed by atoms with Crippen molar-refractivity contribution < 1.29 is 9.31 Å². The highest BCUT2D eigenvalue weighted by Gasteiger charge is 2.05. The molecule has 4 nitrogen and oxygen atoms in total. The number of aromatic nitrogens is 2. The second kappa shape index (κ2) is 5.34. The van der Waals surface area contributed by atoms with Crippen molar-refractivity contribution in [3.05, 3.63) is 48.0 Å². The van der Waals surface area contributed by atoms with Crippen molar-refractivity contribution in [3.8, 4) is 11.5 Å². The largest absolute Gasteiger partial charge is 0.658 e. The van der Waals surface area contributed by atoms with Gasteiger partial charge in [0.05, 0.1) is 0 Å². The maximum atomic E-state index is 5.39. The fraction of sp³-hybridized carbons (Fsp3) is 0.167. The van der Waals surface area contributed by atoms with E-state index in [0.717, 1.165) is 22.6 Å². The van der Waals surface area contributed by atoms with E-state index >= 15 is 0 Å². The first-order valence-corrected chi connectivity index (χ1v) is 5.23. The summed E-state index contributed by atoms with van der Waals surface area (Å²) in [5, 5.41) is 0. The molecule has 2 rings (SSSR count). The topological polar surface area (TPSA) is 44.2 Å². The van der Waals surface area contributed by atoms with E-state index in [1.54, 1.807) is 36.9 Å². The van der Waals surface area contributed by atoms with Gasteiger partial charge in [-0.3, -0.25) is 9.97 Å². The molecule has 0 saturated heterocycles. The van der Waals surface area contributed by atoms with Gasteiger partial charge in [-0.1, -0.05) is 0 Å². The quantitative estimate of drug-likeness (QED) is 0.750. The minimum Gasteiger partial charge on any atom is -0.526 e. The third-order valence-corrected chi connectivity index (χ3v) is 2.29. The molecule has 1 radical (unpaired) electrons. The van der Waals surface area contributed by atoms with Crippen LogP contribution in [0.4, 0.5) is 0 Å². The van der Waals surface area contributed by atoms with E-state index in [9.17, 15) is 0 Å². The normalized spacial score (nSPS) is 9.76. The van der Waals surface area contributed by atoms with Crippen molar-refractivity contribution in [2.24, 2.45) is 0 Å². The summed E-state index contributed by atoms with van der Waals surface area (Å²) >= 11 is 0. The van der Waals surface area contributed by atoms with Crippen LogP contribution in [0.15, 0.2) is 36.9 Å². The van der Waals surface area contributed by atoms with Crippen LogP contribution in [0.3, 0.4) is 0 Å². The molecule has 0 fully saturated rings. The second-order valence-corrected chi connectivity index (χ2v) is 3.61. The first-order valence-electron chi connectivity index (χ1n) is 5.23. The first kappa shape index (κ1) is 11.5. The zero-order chi connectivity index (χ0) is 12.1. The minimum atomic E-state index is 0.728. The fourth-order valence-corrected chi connectivity index (χ4v) is 1.31. The third-order valence-electron chi connectivity index (χ3n) is 2.29. The monoisotopic (exact) mass is 227 g/mol. The molecule has 17 heavy (non-hydrogen) atoms. The molecule has 2 heterocycles. The van der Waals surface area contributed by atoms with E-state index in [0.29, 0.717) is 0 Å². The minimum absolute atomic E-state index is 0.728. The summed E-state index contributed by atoms with van der Waals surface area (Å²) in [4.78, 5) is 7.96. The number of rotatable bonds is 4. The van der Waals surface area contributed by atoms with Gasteiger partial charge in [0.15, 0.2) is 0 Å². The van der Waals surface area contributed by atoms with Gasteiger partial charge in [0, 0.05) is 35.9 Å². The third kappa shape index (κ3) is 2.97. The molecule has 85 valence electrons. The number of hydrogen-bond acceptors (Lipinski definition) is 4. The Kier molecular flexibility index (Phi) is 3.60. The molecule has 2 aromatic heterocycles. The van der Waals surface area contributed by atoms with Gasteiger partial charge < -0.3 is 9.31 Å². The molecule has 0 atom stereocenters. The van der Waals surface area contributed by atoms with Gasteiger partial charge in [-0.05, 0) is 26.0 Å². The summed E-state index contributed by atoms with van der Waals surface area (Å²) in [5.41, 5.74) is 1.91.